The van der Waals surface area contributed by atoms with Gasteiger partial charge in [0.1, 0.15) is 5.69 Å². The molecule has 0 radical (unpaired) electrons. The Balaban J connectivity index is 1.90. The predicted molar refractivity (Wildman–Crippen MR) is 104 cm³/mol. The largest absolute Gasteiger partial charge is 0.362 e. The first-order valence-electron chi connectivity index (χ1n) is 7.54. The van der Waals surface area contributed by atoms with Crippen LogP contribution in [0.5, 0.6) is 0 Å². The number of hydrogen-bond donors (Lipinski definition) is 2. The van der Waals surface area contributed by atoms with E-state index < -0.39 is 0 Å². The van der Waals surface area contributed by atoms with Gasteiger partial charge in [0.25, 0.3) is 0 Å². The molecule has 0 atom stereocenters. The number of thiophene rings is 1. The Morgan fingerprint density at radius 1 is 1.29 bits per heavy atom. The first kappa shape index (κ1) is 16.4. The van der Waals surface area contributed by atoms with E-state index in [1.54, 1.807) is 17.6 Å². The number of nitrogens with zero attached hydrogens (tertiary/aromatic N) is 3. The molecule has 7 heteroatoms. The molecule has 3 aromatic rings. The van der Waals surface area contributed by atoms with Crippen molar-refractivity contribution >= 4 is 34.9 Å². The quantitative estimate of drug-likeness (QED) is 0.418. The fourth-order valence-corrected chi connectivity index (χ4v) is 3.09. The summed E-state index contributed by atoms with van der Waals surface area (Å²) in [5.74, 6) is 0. The minimum absolute atomic E-state index is 0.502. The SMILES string of the molecule is CCNC(=S)N/N=C/c1cn(-c2ccccc2)nc1-c1cccs1. The summed E-state index contributed by atoms with van der Waals surface area (Å²) < 4.78 is 1.86. The molecule has 0 unspecified atom stereocenters. The summed E-state index contributed by atoms with van der Waals surface area (Å²) in [6.45, 7) is 2.74. The lowest BCUT2D eigenvalue weighted by Crippen LogP contribution is -2.31. The molecule has 0 aliphatic heterocycles. The Kier molecular flexibility index (Phi) is 5.35. The van der Waals surface area contributed by atoms with Crippen molar-refractivity contribution in [1.82, 2.24) is 20.5 Å². The third kappa shape index (κ3) is 3.87. The molecule has 0 saturated heterocycles. The standard InChI is InChI=1S/C17H17N5S2/c1-2-18-17(23)20-19-11-13-12-22(14-7-4-3-5-8-14)21-16(13)15-9-6-10-24-15/h3-12H,2H2,1H3,(H2,18,20,23)/b19-11+. The molecule has 0 saturated carbocycles. The van der Waals surface area contributed by atoms with E-state index in [4.69, 9.17) is 17.3 Å². The maximum atomic E-state index is 5.11. The highest BCUT2D eigenvalue weighted by molar-refractivity contribution is 7.80. The lowest BCUT2D eigenvalue weighted by Gasteiger charge is -2.02. The van der Waals surface area contributed by atoms with Crippen LogP contribution in [0.4, 0.5) is 0 Å². The van der Waals surface area contributed by atoms with Gasteiger partial charge in [0, 0.05) is 18.3 Å². The van der Waals surface area contributed by atoms with Crippen LogP contribution in [0.15, 0.2) is 59.1 Å². The molecular weight excluding hydrogens is 338 g/mol. The van der Waals surface area contributed by atoms with Crippen LogP contribution < -0.4 is 10.7 Å². The Bertz CT molecular complexity index is 822. The molecule has 0 amide bonds. The van der Waals surface area contributed by atoms with Crippen molar-refractivity contribution in [3.8, 4) is 16.3 Å². The van der Waals surface area contributed by atoms with E-state index in [9.17, 15) is 0 Å². The van der Waals surface area contributed by atoms with Crippen LogP contribution in [-0.2, 0) is 0 Å². The summed E-state index contributed by atoms with van der Waals surface area (Å²) in [4.78, 5) is 1.10. The molecule has 3 rings (SSSR count). The number of para-hydroxylation sites is 1. The van der Waals surface area contributed by atoms with Crippen molar-refractivity contribution in [2.45, 2.75) is 6.92 Å². The number of rotatable bonds is 5. The van der Waals surface area contributed by atoms with Crippen molar-refractivity contribution in [2.24, 2.45) is 5.10 Å². The Morgan fingerprint density at radius 3 is 2.83 bits per heavy atom. The second kappa shape index (κ2) is 7.85. The minimum atomic E-state index is 0.502. The second-order valence-corrected chi connectivity index (χ2v) is 6.28. The molecule has 0 spiro atoms. The number of aromatic nitrogens is 2. The van der Waals surface area contributed by atoms with Crippen LogP contribution in [0.2, 0.25) is 0 Å². The normalized spacial score (nSPS) is 10.9. The highest BCUT2D eigenvalue weighted by Crippen LogP contribution is 2.26. The molecule has 1 aromatic carbocycles. The number of nitrogens with one attached hydrogen (secondary N) is 2. The average molecular weight is 355 g/mol. The molecule has 122 valence electrons. The zero-order valence-electron chi connectivity index (χ0n) is 13.1. The van der Waals surface area contributed by atoms with Gasteiger partial charge in [-0.2, -0.15) is 10.2 Å². The summed E-state index contributed by atoms with van der Waals surface area (Å²) in [6.07, 6.45) is 3.71. The molecule has 2 aromatic heterocycles. The number of hydrazone groups is 1. The number of hydrogen-bond acceptors (Lipinski definition) is 4. The fourth-order valence-electron chi connectivity index (χ4n) is 2.16. The summed E-state index contributed by atoms with van der Waals surface area (Å²) in [7, 11) is 0. The van der Waals surface area contributed by atoms with Gasteiger partial charge >= 0.3 is 0 Å². The summed E-state index contributed by atoms with van der Waals surface area (Å²) in [6, 6.07) is 14.1. The Morgan fingerprint density at radius 2 is 2.12 bits per heavy atom. The van der Waals surface area contributed by atoms with Gasteiger partial charge in [-0.15, -0.1) is 11.3 Å². The van der Waals surface area contributed by atoms with Gasteiger partial charge in [0.05, 0.1) is 16.8 Å². The van der Waals surface area contributed by atoms with Gasteiger partial charge < -0.3 is 5.32 Å². The summed E-state index contributed by atoms with van der Waals surface area (Å²) >= 11 is 6.76. The Hall–Kier alpha value is -2.51. The van der Waals surface area contributed by atoms with E-state index in [1.165, 1.54) is 0 Å². The van der Waals surface area contributed by atoms with E-state index in [0.717, 1.165) is 28.4 Å². The molecule has 24 heavy (non-hydrogen) atoms. The van der Waals surface area contributed by atoms with Gasteiger partial charge in [0.2, 0.25) is 0 Å². The highest BCUT2D eigenvalue weighted by Gasteiger charge is 2.11. The lowest BCUT2D eigenvalue weighted by molar-refractivity contribution is 0.885. The maximum absolute atomic E-state index is 5.11. The fraction of sp³-hybridized carbons (Fsp3) is 0.118. The monoisotopic (exact) mass is 355 g/mol. The molecule has 2 N–H and O–H groups in total. The van der Waals surface area contributed by atoms with Gasteiger partial charge in [-0.25, -0.2) is 4.68 Å². The van der Waals surface area contributed by atoms with E-state index in [0.29, 0.717) is 5.11 Å². The van der Waals surface area contributed by atoms with Gasteiger partial charge in [-0.1, -0.05) is 24.3 Å². The first-order chi connectivity index (χ1) is 11.8. The van der Waals surface area contributed by atoms with Crippen LogP contribution in [0, 0.1) is 0 Å². The average Bonchev–Trinajstić information content (AvgIpc) is 3.25. The molecule has 5 nitrogen and oxygen atoms in total. The van der Waals surface area contributed by atoms with Crippen LogP contribution in [0.25, 0.3) is 16.3 Å². The summed E-state index contributed by atoms with van der Waals surface area (Å²) in [5.41, 5.74) is 5.64. The number of thiocarbonyl (C=S) groups is 1. The molecular formula is C17H17N5S2. The van der Waals surface area contributed by atoms with E-state index in [1.807, 2.05) is 59.6 Å². The van der Waals surface area contributed by atoms with Crippen molar-refractivity contribution in [3.63, 3.8) is 0 Å². The lowest BCUT2D eigenvalue weighted by atomic mass is 10.2. The topological polar surface area (TPSA) is 54.2 Å². The number of benzene rings is 1. The van der Waals surface area contributed by atoms with Crippen molar-refractivity contribution in [3.05, 3.63) is 59.6 Å². The highest BCUT2D eigenvalue weighted by atomic mass is 32.1. The van der Waals surface area contributed by atoms with E-state index in [2.05, 4.69) is 21.9 Å². The van der Waals surface area contributed by atoms with Gasteiger partial charge in [-0.05, 0) is 42.7 Å². The molecule has 2 heterocycles. The smallest absolute Gasteiger partial charge is 0.186 e. The van der Waals surface area contributed by atoms with Crippen molar-refractivity contribution in [1.29, 1.82) is 0 Å². The first-order valence-corrected chi connectivity index (χ1v) is 8.82. The van der Waals surface area contributed by atoms with E-state index >= 15 is 0 Å². The van der Waals surface area contributed by atoms with E-state index in [-0.39, 0.29) is 0 Å². The minimum Gasteiger partial charge on any atom is -0.362 e. The van der Waals surface area contributed by atoms with Crippen molar-refractivity contribution in [2.75, 3.05) is 6.54 Å². The van der Waals surface area contributed by atoms with Crippen LogP contribution >= 0.6 is 23.6 Å². The summed E-state index contributed by atoms with van der Waals surface area (Å²) in [5, 5.41) is 14.5. The molecule has 0 aliphatic rings. The zero-order valence-corrected chi connectivity index (χ0v) is 14.8. The van der Waals surface area contributed by atoms with Gasteiger partial charge in [0.15, 0.2) is 5.11 Å². The maximum Gasteiger partial charge on any atom is 0.186 e. The second-order valence-electron chi connectivity index (χ2n) is 4.92. The van der Waals surface area contributed by atoms with Crippen LogP contribution in [0.3, 0.4) is 0 Å². The van der Waals surface area contributed by atoms with Crippen LogP contribution in [0.1, 0.15) is 12.5 Å². The predicted octanol–water partition coefficient (Wildman–Crippen LogP) is 3.42. The molecule has 0 fully saturated rings. The van der Waals surface area contributed by atoms with Gasteiger partial charge in [-0.3, -0.25) is 5.43 Å². The molecule has 0 bridgehead atoms. The van der Waals surface area contributed by atoms with Crippen LogP contribution in [-0.4, -0.2) is 27.7 Å². The Labute approximate surface area is 150 Å². The third-order valence-corrected chi connectivity index (χ3v) is 4.34. The van der Waals surface area contributed by atoms with Crippen molar-refractivity contribution < 1.29 is 0 Å². The molecule has 0 aliphatic carbocycles. The third-order valence-electron chi connectivity index (χ3n) is 3.22. The zero-order chi connectivity index (χ0) is 16.8.